The van der Waals surface area contributed by atoms with Crippen molar-refractivity contribution in [2.75, 3.05) is 13.6 Å². The van der Waals surface area contributed by atoms with Crippen LogP contribution in [-0.4, -0.2) is 24.4 Å². The van der Waals surface area contributed by atoms with Crippen LogP contribution in [-0.2, 0) is 0 Å². The Hall–Kier alpha value is -0.160. The molecule has 9 heavy (non-hydrogen) atoms. The Bertz CT molecular complexity index is 116. The SMILES string of the molecule is CC1CC[N+](C)([O-])[NH+]1[O-]. The molecule has 1 saturated heterocycles. The van der Waals surface area contributed by atoms with Crippen molar-refractivity contribution in [1.29, 1.82) is 0 Å². The summed E-state index contributed by atoms with van der Waals surface area (Å²) in [4.78, 5) is 0. The predicted molar refractivity (Wildman–Crippen MR) is 32.8 cm³/mol. The molecule has 1 N–H and O–H groups in total. The molecule has 4 nitrogen and oxygen atoms in total. The zero-order valence-corrected chi connectivity index (χ0v) is 5.76. The quantitative estimate of drug-likeness (QED) is 0.340. The second kappa shape index (κ2) is 1.91. The molecule has 3 unspecified atom stereocenters. The largest absolute Gasteiger partial charge is 0.583 e. The Morgan fingerprint density at radius 3 is 2.33 bits per heavy atom. The van der Waals surface area contributed by atoms with Gasteiger partial charge in [-0.3, -0.25) is 0 Å². The monoisotopic (exact) mass is 132 g/mol. The predicted octanol–water partition coefficient (Wildman–Crippen LogP) is -0.979. The first-order valence-electron chi connectivity index (χ1n) is 3.15. The highest BCUT2D eigenvalue weighted by Gasteiger charge is 2.32. The Kier molecular flexibility index (Phi) is 1.48. The van der Waals surface area contributed by atoms with E-state index in [0.717, 1.165) is 6.42 Å². The molecule has 0 radical (unpaired) electrons. The maximum atomic E-state index is 11.0. The van der Waals surface area contributed by atoms with Crippen molar-refractivity contribution in [3.8, 4) is 0 Å². The number of quaternary nitrogens is 2. The van der Waals surface area contributed by atoms with Crippen molar-refractivity contribution >= 4 is 0 Å². The van der Waals surface area contributed by atoms with Crippen molar-refractivity contribution in [2.24, 2.45) is 0 Å². The lowest BCUT2D eigenvalue weighted by Crippen LogP contribution is -3.18. The van der Waals surface area contributed by atoms with E-state index in [1.807, 2.05) is 6.92 Å². The van der Waals surface area contributed by atoms with Crippen molar-refractivity contribution < 1.29 is 9.93 Å². The smallest absolute Gasteiger partial charge is 0.133 e. The first-order valence-corrected chi connectivity index (χ1v) is 3.15. The van der Waals surface area contributed by atoms with Gasteiger partial charge in [-0.1, -0.05) is 0 Å². The minimum Gasteiger partial charge on any atom is -0.583 e. The highest BCUT2D eigenvalue weighted by atomic mass is 16.7. The minimum atomic E-state index is -0.666. The van der Waals surface area contributed by atoms with Crippen molar-refractivity contribution in [2.45, 2.75) is 19.4 Å². The molecule has 0 aromatic heterocycles. The Balaban J connectivity index is 2.62. The summed E-state index contributed by atoms with van der Waals surface area (Å²) in [6.45, 7) is 2.27. The highest BCUT2D eigenvalue weighted by molar-refractivity contribution is 4.50. The van der Waals surface area contributed by atoms with Gasteiger partial charge in [-0.05, 0) is 6.92 Å². The van der Waals surface area contributed by atoms with Crippen LogP contribution in [0.4, 0.5) is 0 Å². The molecule has 1 aliphatic rings. The van der Waals surface area contributed by atoms with Gasteiger partial charge in [0, 0.05) is 0 Å². The van der Waals surface area contributed by atoms with E-state index in [1.54, 1.807) is 0 Å². The summed E-state index contributed by atoms with van der Waals surface area (Å²) in [5.74, 6) is 0. The Morgan fingerprint density at radius 2 is 2.22 bits per heavy atom. The number of nitrogens with zero attached hydrogens (tertiary/aromatic N) is 1. The summed E-state index contributed by atoms with van der Waals surface area (Å²) < 4.78 is -0.666. The first-order chi connectivity index (χ1) is 4.04. The molecule has 54 valence electrons. The molecular weight excluding hydrogens is 120 g/mol. The van der Waals surface area contributed by atoms with E-state index >= 15 is 0 Å². The van der Waals surface area contributed by atoms with E-state index < -0.39 is 4.76 Å². The van der Waals surface area contributed by atoms with E-state index in [4.69, 9.17) is 0 Å². The molecule has 0 aliphatic carbocycles. The second-order valence-corrected chi connectivity index (χ2v) is 2.85. The van der Waals surface area contributed by atoms with Gasteiger partial charge >= 0.3 is 0 Å². The van der Waals surface area contributed by atoms with Crippen LogP contribution in [0, 0.1) is 10.4 Å². The van der Waals surface area contributed by atoms with Crippen molar-refractivity contribution in [3.05, 3.63) is 10.4 Å². The van der Waals surface area contributed by atoms with Crippen LogP contribution in [0.3, 0.4) is 0 Å². The van der Waals surface area contributed by atoms with E-state index in [2.05, 4.69) is 0 Å². The molecule has 0 saturated carbocycles. The summed E-state index contributed by atoms with van der Waals surface area (Å²) in [6.07, 6.45) is 0.749. The maximum absolute atomic E-state index is 11.0. The number of nitrogens with one attached hydrogen (secondary N) is 1. The summed E-state index contributed by atoms with van der Waals surface area (Å²) in [5, 5.41) is 21.7. The Morgan fingerprint density at radius 1 is 1.67 bits per heavy atom. The fourth-order valence-electron chi connectivity index (χ4n) is 1.14. The Labute approximate surface area is 54.4 Å². The normalized spacial score (nSPS) is 52.0. The van der Waals surface area contributed by atoms with Gasteiger partial charge in [-0.2, -0.15) is 0 Å². The lowest BCUT2D eigenvalue weighted by atomic mass is 10.3. The van der Waals surface area contributed by atoms with Crippen LogP contribution in [0.25, 0.3) is 0 Å². The van der Waals surface area contributed by atoms with Crippen LogP contribution in [0.15, 0.2) is 0 Å². The zero-order chi connectivity index (χ0) is 7.07. The van der Waals surface area contributed by atoms with Crippen molar-refractivity contribution in [3.63, 3.8) is 0 Å². The van der Waals surface area contributed by atoms with Crippen LogP contribution in [0.1, 0.15) is 13.3 Å². The fourth-order valence-corrected chi connectivity index (χ4v) is 1.14. The van der Waals surface area contributed by atoms with E-state index in [-0.39, 0.29) is 11.2 Å². The molecule has 4 heteroatoms. The molecule has 0 aromatic rings. The summed E-state index contributed by atoms with van der Waals surface area (Å²) >= 11 is 0. The second-order valence-electron chi connectivity index (χ2n) is 2.85. The lowest BCUT2D eigenvalue weighted by Gasteiger charge is -2.40. The average Bonchev–Trinajstić information content (AvgIpc) is 1.97. The van der Waals surface area contributed by atoms with Gasteiger partial charge < -0.3 is 10.4 Å². The zero-order valence-electron chi connectivity index (χ0n) is 5.76. The number of rotatable bonds is 0. The van der Waals surface area contributed by atoms with Gasteiger partial charge in [0.05, 0.1) is 6.42 Å². The van der Waals surface area contributed by atoms with Crippen LogP contribution in [0.2, 0.25) is 0 Å². The molecule has 3 atom stereocenters. The number of hydroxylamine groups is 3. The van der Waals surface area contributed by atoms with E-state index in [1.165, 1.54) is 7.05 Å². The van der Waals surface area contributed by atoms with Crippen LogP contribution in [0.5, 0.6) is 0 Å². The van der Waals surface area contributed by atoms with Crippen LogP contribution < -0.4 is 5.17 Å². The molecule has 0 amide bonds. The molecule has 1 aliphatic heterocycles. The molecule has 1 rings (SSSR count). The average molecular weight is 132 g/mol. The highest BCUT2D eigenvalue weighted by Crippen LogP contribution is 2.02. The van der Waals surface area contributed by atoms with Gasteiger partial charge in [0.1, 0.15) is 19.6 Å². The van der Waals surface area contributed by atoms with Gasteiger partial charge in [-0.25, -0.2) is 9.93 Å². The topological polar surface area (TPSA) is 50.6 Å². The van der Waals surface area contributed by atoms with Gasteiger partial charge in [-0.15, -0.1) is 0 Å². The lowest BCUT2D eigenvalue weighted by molar-refractivity contribution is -1.44. The molecule has 1 fully saturated rings. The third-order valence-corrected chi connectivity index (χ3v) is 1.88. The van der Waals surface area contributed by atoms with Gasteiger partial charge in [0.2, 0.25) is 0 Å². The van der Waals surface area contributed by atoms with Gasteiger partial charge in [0.15, 0.2) is 0 Å². The fraction of sp³-hybridized carbons (Fsp3) is 1.00. The van der Waals surface area contributed by atoms with E-state index in [0.29, 0.717) is 6.54 Å². The molecule has 0 bridgehead atoms. The first kappa shape index (κ1) is 6.95. The molecule has 0 aromatic carbocycles. The summed E-state index contributed by atoms with van der Waals surface area (Å²) in [6, 6.07) is -0.0208. The summed E-state index contributed by atoms with van der Waals surface area (Å²) in [7, 11) is 1.42. The minimum absolute atomic E-state index is 0.0208. The standard InChI is InChI=1S/C5H12N2O2/c1-5-3-4-7(2,9)6(5)8/h5-6H,3-4H2,1-2H3. The van der Waals surface area contributed by atoms with E-state index in [9.17, 15) is 10.4 Å². The molecule has 1 heterocycles. The number of hydrogen-bond acceptors (Lipinski definition) is 2. The molecule has 0 spiro atoms. The maximum Gasteiger partial charge on any atom is 0.133 e. The van der Waals surface area contributed by atoms with Crippen LogP contribution >= 0.6 is 0 Å². The van der Waals surface area contributed by atoms with Gasteiger partial charge in [0.25, 0.3) is 0 Å². The number of hydrogen-bond donors (Lipinski definition) is 1. The summed E-state index contributed by atoms with van der Waals surface area (Å²) in [5.41, 5.74) is 0. The molecular formula is C5H12N2O2. The third kappa shape index (κ3) is 1.07. The van der Waals surface area contributed by atoms with Crippen molar-refractivity contribution in [1.82, 2.24) is 0 Å². The third-order valence-electron chi connectivity index (χ3n) is 1.88.